The van der Waals surface area contributed by atoms with Gasteiger partial charge in [0.15, 0.2) is 12.2 Å². The monoisotopic (exact) mass is 370 g/mol. The van der Waals surface area contributed by atoms with Gasteiger partial charge in [-0.25, -0.2) is 0 Å². The van der Waals surface area contributed by atoms with Gasteiger partial charge < -0.3 is 18.9 Å². The zero-order valence-electron chi connectivity index (χ0n) is 14.9. The SMILES string of the molecule is CCOC(=O)C(C(=O)OCC)[C@H](O[C@@H]1CCC[C@H](C)O1)c1cccs1. The van der Waals surface area contributed by atoms with E-state index in [0.29, 0.717) is 0 Å². The Hall–Kier alpha value is -1.44. The Labute approximate surface area is 152 Å². The van der Waals surface area contributed by atoms with Crippen molar-refractivity contribution in [1.29, 1.82) is 0 Å². The Morgan fingerprint density at radius 2 is 1.92 bits per heavy atom. The summed E-state index contributed by atoms with van der Waals surface area (Å²) >= 11 is 1.42. The molecule has 1 aliphatic heterocycles. The molecule has 0 aliphatic carbocycles. The molecular weight excluding hydrogens is 344 g/mol. The fraction of sp³-hybridized carbons (Fsp3) is 0.667. The van der Waals surface area contributed by atoms with Crippen LogP contribution in [0.5, 0.6) is 0 Å². The predicted molar refractivity (Wildman–Crippen MR) is 93.1 cm³/mol. The summed E-state index contributed by atoms with van der Waals surface area (Å²) in [5.41, 5.74) is 0. The van der Waals surface area contributed by atoms with Crippen molar-refractivity contribution in [2.45, 2.75) is 58.5 Å². The van der Waals surface area contributed by atoms with Gasteiger partial charge in [0.2, 0.25) is 0 Å². The van der Waals surface area contributed by atoms with Crippen molar-refractivity contribution in [1.82, 2.24) is 0 Å². The summed E-state index contributed by atoms with van der Waals surface area (Å²) in [6.07, 6.45) is 1.53. The van der Waals surface area contributed by atoms with Crippen molar-refractivity contribution in [2.24, 2.45) is 5.92 Å². The second-order valence-corrected chi connectivity index (χ2v) is 6.84. The first-order valence-electron chi connectivity index (χ1n) is 8.74. The number of hydrogen-bond acceptors (Lipinski definition) is 7. The van der Waals surface area contributed by atoms with Gasteiger partial charge in [0, 0.05) is 4.88 Å². The molecule has 3 atom stereocenters. The van der Waals surface area contributed by atoms with E-state index >= 15 is 0 Å². The Kier molecular flexibility index (Phi) is 7.87. The normalized spacial score (nSPS) is 21.8. The van der Waals surface area contributed by atoms with Crippen molar-refractivity contribution >= 4 is 23.3 Å². The van der Waals surface area contributed by atoms with Gasteiger partial charge in [-0.15, -0.1) is 11.3 Å². The molecule has 1 aromatic heterocycles. The van der Waals surface area contributed by atoms with Gasteiger partial charge in [0.05, 0.1) is 19.3 Å². The van der Waals surface area contributed by atoms with E-state index in [4.69, 9.17) is 18.9 Å². The van der Waals surface area contributed by atoms with E-state index < -0.39 is 30.3 Å². The molecule has 1 aromatic rings. The van der Waals surface area contributed by atoms with Crippen LogP contribution in [0.1, 0.15) is 51.0 Å². The standard InChI is InChI=1S/C18H26O6S/c1-4-21-17(19)15(18(20)22-5-2)16(13-9-7-11-25-13)24-14-10-6-8-12(3)23-14/h7,9,11-12,14-16H,4-6,8,10H2,1-3H3/t12-,14+,16+/m0/s1. The minimum absolute atomic E-state index is 0.0892. The maximum absolute atomic E-state index is 12.5. The molecule has 2 heterocycles. The number of thiophene rings is 1. The average Bonchev–Trinajstić information content (AvgIpc) is 3.09. The van der Waals surface area contributed by atoms with Crippen LogP contribution in [0.25, 0.3) is 0 Å². The molecule has 7 heteroatoms. The van der Waals surface area contributed by atoms with Crippen LogP contribution in [0.4, 0.5) is 0 Å². The maximum Gasteiger partial charge on any atom is 0.323 e. The van der Waals surface area contributed by atoms with E-state index in [1.807, 2.05) is 24.4 Å². The third-order valence-corrected chi connectivity index (χ3v) is 4.87. The van der Waals surface area contributed by atoms with Crippen molar-refractivity contribution < 1.29 is 28.5 Å². The maximum atomic E-state index is 12.5. The summed E-state index contributed by atoms with van der Waals surface area (Å²) < 4.78 is 22.1. The first kappa shape index (κ1) is 19.9. The third-order valence-electron chi connectivity index (χ3n) is 3.94. The minimum Gasteiger partial charge on any atom is -0.465 e. The summed E-state index contributed by atoms with van der Waals surface area (Å²) in [6.45, 7) is 5.76. The summed E-state index contributed by atoms with van der Waals surface area (Å²) in [7, 11) is 0. The highest BCUT2D eigenvalue weighted by Crippen LogP contribution is 2.35. The van der Waals surface area contributed by atoms with Gasteiger partial charge in [-0.05, 0) is 51.5 Å². The Morgan fingerprint density at radius 1 is 1.24 bits per heavy atom. The van der Waals surface area contributed by atoms with Crippen LogP contribution in [-0.2, 0) is 28.5 Å². The Morgan fingerprint density at radius 3 is 2.44 bits per heavy atom. The van der Waals surface area contributed by atoms with Gasteiger partial charge in [0.1, 0.15) is 6.10 Å². The van der Waals surface area contributed by atoms with Crippen LogP contribution < -0.4 is 0 Å². The van der Waals surface area contributed by atoms with Crippen LogP contribution in [0.15, 0.2) is 17.5 Å². The molecule has 1 fully saturated rings. The second kappa shape index (κ2) is 9.89. The summed E-state index contributed by atoms with van der Waals surface area (Å²) in [4.78, 5) is 25.7. The van der Waals surface area contributed by atoms with Crippen LogP contribution >= 0.6 is 11.3 Å². The molecule has 0 saturated carbocycles. The van der Waals surface area contributed by atoms with E-state index in [1.54, 1.807) is 13.8 Å². The predicted octanol–water partition coefficient (Wildman–Crippen LogP) is 3.46. The molecule has 0 N–H and O–H groups in total. The lowest BCUT2D eigenvalue weighted by Crippen LogP contribution is -2.38. The molecule has 1 saturated heterocycles. The van der Waals surface area contributed by atoms with E-state index in [0.717, 1.165) is 24.1 Å². The van der Waals surface area contributed by atoms with Gasteiger partial charge in [0.25, 0.3) is 0 Å². The van der Waals surface area contributed by atoms with Gasteiger partial charge in [-0.1, -0.05) is 6.07 Å². The average molecular weight is 370 g/mol. The van der Waals surface area contributed by atoms with Crippen LogP contribution in [0, 0.1) is 5.92 Å². The minimum atomic E-state index is -1.17. The molecule has 0 amide bonds. The highest BCUT2D eigenvalue weighted by Gasteiger charge is 2.41. The molecule has 0 unspecified atom stereocenters. The smallest absolute Gasteiger partial charge is 0.323 e. The number of rotatable bonds is 8. The fourth-order valence-electron chi connectivity index (χ4n) is 2.80. The first-order chi connectivity index (χ1) is 12.1. The lowest BCUT2D eigenvalue weighted by Gasteiger charge is -2.32. The molecule has 140 valence electrons. The van der Waals surface area contributed by atoms with Crippen LogP contribution in [0.3, 0.4) is 0 Å². The molecule has 0 aromatic carbocycles. The van der Waals surface area contributed by atoms with Gasteiger partial charge >= 0.3 is 11.9 Å². The number of ether oxygens (including phenoxy) is 4. The summed E-state index contributed by atoms with van der Waals surface area (Å²) in [5, 5.41) is 1.88. The summed E-state index contributed by atoms with van der Waals surface area (Å²) in [6, 6.07) is 3.70. The molecule has 1 aliphatic rings. The number of esters is 2. The quantitative estimate of drug-likeness (QED) is 0.515. The third kappa shape index (κ3) is 5.52. The largest absolute Gasteiger partial charge is 0.465 e. The molecule has 6 nitrogen and oxygen atoms in total. The van der Waals surface area contributed by atoms with E-state index in [9.17, 15) is 9.59 Å². The Bertz CT molecular complexity index is 526. The fourth-order valence-corrected chi connectivity index (χ4v) is 3.60. The van der Waals surface area contributed by atoms with Gasteiger partial charge in [-0.3, -0.25) is 9.59 Å². The lowest BCUT2D eigenvalue weighted by molar-refractivity contribution is -0.225. The summed E-state index contributed by atoms with van der Waals surface area (Å²) in [5.74, 6) is -2.44. The zero-order chi connectivity index (χ0) is 18.2. The molecule has 0 radical (unpaired) electrons. The topological polar surface area (TPSA) is 71.1 Å². The number of carbonyl (C=O) groups is 2. The van der Waals surface area contributed by atoms with E-state index in [1.165, 1.54) is 11.3 Å². The molecular formula is C18H26O6S. The Balaban J connectivity index is 2.26. The van der Waals surface area contributed by atoms with Crippen molar-refractivity contribution in [3.05, 3.63) is 22.4 Å². The van der Waals surface area contributed by atoms with Crippen LogP contribution in [0.2, 0.25) is 0 Å². The second-order valence-electron chi connectivity index (χ2n) is 5.86. The van der Waals surface area contributed by atoms with Crippen molar-refractivity contribution in [2.75, 3.05) is 13.2 Å². The van der Waals surface area contributed by atoms with Crippen molar-refractivity contribution in [3.8, 4) is 0 Å². The van der Waals surface area contributed by atoms with Gasteiger partial charge in [-0.2, -0.15) is 0 Å². The van der Waals surface area contributed by atoms with E-state index in [2.05, 4.69) is 0 Å². The molecule has 0 bridgehead atoms. The van der Waals surface area contributed by atoms with E-state index in [-0.39, 0.29) is 19.3 Å². The van der Waals surface area contributed by atoms with Crippen LogP contribution in [-0.4, -0.2) is 37.5 Å². The lowest BCUT2D eigenvalue weighted by atomic mass is 10.0. The molecule has 25 heavy (non-hydrogen) atoms. The zero-order valence-corrected chi connectivity index (χ0v) is 15.8. The first-order valence-corrected chi connectivity index (χ1v) is 9.62. The highest BCUT2D eigenvalue weighted by atomic mass is 32.1. The number of hydrogen-bond donors (Lipinski definition) is 0. The molecule has 0 spiro atoms. The van der Waals surface area contributed by atoms with Crippen molar-refractivity contribution in [3.63, 3.8) is 0 Å². The number of carbonyl (C=O) groups excluding carboxylic acids is 2. The highest BCUT2D eigenvalue weighted by molar-refractivity contribution is 7.10. The molecule has 2 rings (SSSR count).